The fraction of sp³-hybridized carbons (Fsp3) is 0.462. The Hall–Kier alpha value is -1.02. The molecule has 2 aliphatic carbocycles. The number of carbonyl (C=O) groups is 1. The number of ether oxygens (including phenoxy) is 1. The lowest BCUT2D eigenvalue weighted by Gasteiger charge is -2.19. The Morgan fingerprint density at radius 3 is 2.88 bits per heavy atom. The zero-order valence-electron chi connectivity index (χ0n) is 9.13. The van der Waals surface area contributed by atoms with Crippen LogP contribution in [-0.2, 0) is 0 Å². The van der Waals surface area contributed by atoms with E-state index < -0.39 is 0 Å². The molecule has 0 amide bonds. The molecule has 1 fully saturated rings. The summed E-state index contributed by atoms with van der Waals surface area (Å²) in [5.41, 5.74) is 3.16. The van der Waals surface area contributed by atoms with Crippen molar-refractivity contribution >= 4 is 17.9 Å². The topological polar surface area (TPSA) is 26.3 Å². The molecule has 0 spiro atoms. The Balaban J connectivity index is 2.28. The average Bonchev–Trinajstić information content (AvgIpc) is 2.87. The van der Waals surface area contributed by atoms with Crippen LogP contribution in [0.5, 0.6) is 5.75 Å². The van der Waals surface area contributed by atoms with Crippen LogP contribution in [0.2, 0.25) is 5.02 Å². The Kier molecular flexibility index (Phi) is 2.21. The molecule has 1 aromatic rings. The van der Waals surface area contributed by atoms with Crippen molar-refractivity contribution in [3.8, 4) is 5.75 Å². The molecule has 0 N–H and O–H groups in total. The molecule has 84 valence electrons. The molecule has 1 aromatic carbocycles. The lowest BCUT2D eigenvalue weighted by molar-refractivity contribution is 0.111. The number of aldehydes is 1. The van der Waals surface area contributed by atoms with E-state index in [1.807, 2.05) is 6.07 Å². The monoisotopic (exact) mass is 236 g/mol. The second kappa shape index (κ2) is 3.49. The molecule has 1 saturated carbocycles. The molecule has 2 unspecified atom stereocenters. The fourth-order valence-corrected chi connectivity index (χ4v) is 3.63. The van der Waals surface area contributed by atoms with Crippen molar-refractivity contribution in [1.82, 2.24) is 0 Å². The maximum Gasteiger partial charge on any atom is 0.154 e. The maximum atomic E-state index is 11.2. The lowest BCUT2D eigenvalue weighted by Crippen LogP contribution is -2.05. The van der Waals surface area contributed by atoms with Gasteiger partial charge in [0.1, 0.15) is 5.75 Å². The number of rotatable bonds is 2. The van der Waals surface area contributed by atoms with Crippen molar-refractivity contribution in [3.63, 3.8) is 0 Å². The van der Waals surface area contributed by atoms with Crippen molar-refractivity contribution < 1.29 is 9.53 Å². The maximum absolute atomic E-state index is 11.2. The van der Waals surface area contributed by atoms with E-state index in [1.54, 1.807) is 7.11 Å². The molecule has 2 aliphatic rings. The van der Waals surface area contributed by atoms with E-state index in [-0.39, 0.29) is 0 Å². The van der Waals surface area contributed by atoms with Gasteiger partial charge in [-0.15, -0.1) is 0 Å². The number of hydrogen-bond donors (Lipinski definition) is 0. The quantitative estimate of drug-likeness (QED) is 0.735. The summed E-state index contributed by atoms with van der Waals surface area (Å²) in [6.45, 7) is 0. The SMILES string of the molecule is COc1c(Cl)cc2c(c1C=O)C1CCC2C1. The van der Waals surface area contributed by atoms with Crippen LogP contribution in [0.15, 0.2) is 6.07 Å². The summed E-state index contributed by atoms with van der Waals surface area (Å²) < 4.78 is 5.24. The Morgan fingerprint density at radius 2 is 2.19 bits per heavy atom. The molecule has 2 bridgehead atoms. The highest BCUT2D eigenvalue weighted by Crippen LogP contribution is 2.56. The molecule has 0 heterocycles. The molecule has 0 radical (unpaired) electrons. The first-order chi connectivity index (χ1) is 7.76. The molecule has 2 nitrogen and oxygen atoms in total. The highest BCUT2D eigenvalue weighted by molar-refractivity contribution is 6.32. The molecule has 0 aliphatic heterocycles. The van der Waals surface area contributed by atoms with Crippen molar-refractivity contribution in [2.75, 3.05) is 7.11 Å². The number of halogens is 1. The van der Waals surface area contributed by atoms with Gasteiger partial charge in [-0.3, -0.25) is 4.79 Å². The molecule has 3 rings (SSSR count). The van der Waals surface area contributed by atoms with E-state index in [0.717, 1.165) is 6.29 Å². The number of benzene rings is 1. The number of carbonyl (C=O) groups excluding carboxylic acids is 1. The largest absolute Gasteiger partial charge is 0.494 e. The van der Waals surface area contributed by atoms with Crippen LogP contribution in [0.4, 0.5) is 0 Å². The van der Waals surface area contributed by atoms with Crippen molar-refractivity contribution in [3.05, 3.63) is 27.8 Å². The predicted molar refractivity (Wildman–Crippen MR) is 62.7 cm³/mol. The van der Waals surface area contributed by atoms with Crippen LogP contribution < -0.4 is 4.74 Å². The Labute approximate surface area is 99.6 Å². The third kappa shape index (κ3) is 1.17. The van der Waals surface area contributed by atoms with Crippen molar-refractivity contribution in [2.45, 2.75) is 31.1 Å². The molecule has 0 saturated heterocycles. The molecule has 16 heavy (non-hydrogen) atoms. The van der Waals surface area contributed by atoms with Crippen LogP contribution in [0, 0.1) is 0 Å². The van der Waals surface area contributed by atoms with Gasteiger partial charge in [-0.2, -0.15) is 0 Å². The average molecular weight is 237 g/mol. The van der Waals surface area contributed by atoms with Gasteiger partial charge in [-0.05, 0) is 48.3 Å². The normalized spacial score (nSPS) is 25.6. The summed E-state index contributed by atoms with van der Waals surface area (Å²) in [5, 5.41) is 0.566. The number of hydrogen-bond acceptors (Lipinski definition) is 2. The van der Waals surface area contributed by atoms with E-state index in [9.17, 15) is 4.79 Å². The van der Waals surface area contributed by atoms with Gasteiger partial charge in [-0.1, -0.05) is 11.6 Å². The second-order valence-corrected chi connectivity index (χ2v) is 5.04. The van der Waals surface area contributed by atoms with Gasteiger partial charge in [0, 0.05) is 0 Å². The highest BCUT2D eigenvalue weighted by atomic mass is 35.5. The van der Waals surface area contributed by atoms with E-state index in [1.165, 1.54) is 30.4 Å². The Morgan fingerprint density at radius 1 is 1.44 bits per heavy atom. The first-order valence-corrected chi connectivity index (χ1v) is 5.99. The van der Waals surface area contributed by atoms with Gasteiger partial charge in [0.25, 0.3) is 0 Å². The molecular weight excluding hydrogens is 224 g/mol. The number of fused-ring (bicyclic) bond motifs is 5. The summed E-state index contributed by atoms with van der Waals surface area (Å²) in [4.78, 5) is 11.2. The summed E-state index contributed by atoms with van der Waals surface area (Å²) in [7, 11) is 1.56. The molecule has 2 atom stereocenters. The minimum absolute atomic E-state index is 0.544. The molecule has 0 aromatic heterocycles. The van der Waals surface area contributed by atoms with Crippen LogP contribution in [0.3, 0.4) is 0 Å². The van der Waals surface area contributed by atoms with Gasteiger partial charge in [0.05, 0.1) is 17.7 Å². The summed E-state index contributed by atoms with van der Waals surface area (Å²) in [5.74, 6) is 1.71. The standard InChI is InChI=1S/C13H13ClO2/c1-16-13-10(6-15)12-8-3-2-7(4-8)9(12)5-11(13)14/h5-8H,2-4H2,1H3. The third-order valence-corrected chi connectivity index (χ3v) is 4.23. The van der Waals surface area contributed by atoms with Crippen LogP contribution in [0.25, 0.3) is 0 Å². The van der Waals surface area contributed by atoms with E-state index in [4.69, 9.17) is 16.3 Å². The zero-order valence-corrected chi connectivity index (χ0v) is 9.88. The number of methoxy groups -OCH3 is 1. The molecular formula is C13H13ClO2. The smallest absolute Gasteiger partial charge is 0.154 e. The Bertz CT molecular complexity index is 467. The van der Waals surface area contributed by atoms with Gasteiger partial charge in [0.15, 0.2) is 6.29 Å². The minimum atomic E-state index is 0.544. The third-order valence-electron chi connectivity index (χ3n) is 3.95. The minimum Gasteiger partial charge on any atom is -0.494 e. The molecule has 3 heteroatoms. The van der Waals surface area contributed by atoms with E-state index in [2.05, 4.69) is 0 Å². The van der Waals surface area contributed by atoms with Gasteiger partial charge < -0.3 is 4.74 Å². The summed E-state index contributed by atoms with van der Waals surface area (Å²) in [6, 6.07) is 1.99. The summed E-state index contributed by atoms with van der Waals surface area (Å²) >= 11 is 6.15. The van der Waals surface area contributed by atoms with Crippen LogP contribution >= 0.6 is 11.6 Å². The lowest BCUT2D eigenvalue weighted by atomic mass is 9.88. The van der Waals surface area contributed by atoms with Crippen molar-refractivity contribution in [1.29, 1.82) is 0 Å². The van der Waals surface area contributed by atoms with Gasteiger partial charge in [0.2, 0.25) is 0 Å². The first kappa shape index (κ1) is 10.2. The predicted octanol–water partition coefficient (Wildman–Crippen LogP) is 3.53. The van der Waals surface area contributed by atoms with E-state index in [0.29, 0.717) is 28.2 Å². The van der Waals surface area contributed by atoms with Gasteiger partial charge >= 0.3 is 0 Å². The van der Waals surface area contributed by atoms with Gasteiger partial charge in [-0.25, -0.2) is 0 Å². The second-order valence-electron chi connectivity index (χ2n) is 4.63. The fourth-order valence-electron chi connectivity index (χ4n) is 3.33. The summed E-state index contributed by atoms with van der Waals surface area (Å²) in [6.07, 6.45) is 4.51. The van der Waals surface area contributed by atoms with Crippen LogP contribution in [0.1, 0.15) is 52.6 Å². The van der Waals surface area contributed by atoms with Crippen LogP contribution in [-0.4, -0.2) is 13.4 Å². The van der Waals surface area contributed by atoms with Crippen molar-refractivity contribution in [2.24, 2.45) is 0 Å². The first-order valence-electron chi connectivity index (χ1n) is 5.61. The highest BCUT2D eigenvalue weighted by Gasteiger charge is 2.39. The van der Waals surface area contributed by atoms with E-state index >= 15 is 0 Å². The zero-order chi connectivity index (χ0) is 11.3.